The van der Waals surface area contributed by atoms with Crippen LogP contribution in [0.2, 0.25) is 0 Å². The summed E-state index contributed by atoms with van der Waals surface area (Å²) in [5, 5.41) is 6.72. The van der Waals surface area contributed by atoms with E-state index in [0.29, 0.717) is 12.6 Å². The molecule has 0 radical (unpaired) electrons. The Balaban J connectivity index is 1.80. The average Bonchev–Trinajstić information content (AvgIpc) is 2.46. The standard InChI is InChI=1S/C15H22FN3/c1-17-15(19-14-5-3-2-4-6-14)18-11-12-7-9-13(16)10-8-12/h7-10,14H,2-6,11H2,1H3,(H2,17,18,19). The van der Waals surface area contributed by atoms with Crippen LogP contribution in [0.5, 0.6) is 0 Å². The summed E-state index contributed by atoms with van der Waals surface area (Å²) in [6.45, 7) is 0.659. The molecule has 0 amide bonds. The zero-order chi connectivity index (χ0) is 13.5. The third kappa shape index (κ3) is 4.54. The molecule has 0 bridgehead atoms. The second-order valence-corrected chi connectivity index (χ2v) is 5.03. The highest BCUT2D eigenvalue weighted by Crippen LogP contribution is 2.17. The number of aliphatic imine (C=N–C) groups is 1. The van der Waals surface area contributed by atoms with Gasteiger partial charge in [-0.2, -0.15) is 0 Å². The zero-order valence-electron chi connectivity index (χ0n) is 11.5. The first-order chi connectivity index (χ1) is 9.28. The highest BCUT2D eigenvalue weighted by Gasteiger charge is 2.14. The molecule has 4 heteroatoms. The normalized spacial score (nSPS) is 17.3. The van der Waals surface area contributed by atoms with Gasteiger partial charge in [-0.1, -0.05) is 31.4 Å². The zero-order valence-corrected chi connectivity index (χ0v) is 11.5. The molecule has 2 N–H and O–H groups in total. The minimum atomic E-state index is -0.200. The van der Waals surface area contributed by atoms with E-state index in [9.17, 15) is 4.39 Å². The third-order valence-electron chi connectivity index (χ3n) is 3.54. The number of halogens is 1. The van der Waals surface area contributed by atoms with Crippen LogP contribution in [0.15, 0.2) is 29.3 Å². The molecular weight excluding hydrogens is 241 g/mol. The molecule has 0 atom stereocenters. The van der Waals surface area contributed by atoms with Gasteiger partial charge in [0.25, 0.3) is 0 Å². The predicted molar refractivity (Wildman–Crippen MR) is 76.6 cm³/mol. The molecule has 0 aromatic heterocycles. The molecule has 2 rings (SSSR count). The minimum Gasteiger partial charge on any atom is -0.354 e. The van der Waals surface area contributed by atoms with Crippen LogP contribution in [0.4, 0.5) is 4.39 Å². The largest absolute Gasteiger partial charge is 0.354 e. The van der Waals surface area contributed by atoms with E-state index in [1.807, 2.05) is 0 Å². The third-order valence-corrected chi connectivity index (χ3v) is 3.54. The molecule has 104 valence electrons. The van der Waals surface area contributed by atoms with Crippen molar-refractivity contribution >= 4 is 5.96 Å². The van der Waals surface area contributed by atoms with E-state index in [4.69, 9.17) is 0 Å². The highest BCUT2D eigenvalue weighted by atomic mass is 19.1. The Morgan fingerprint density at radius 2 is 1.89 bits per heavy atom. The number of guanidine groups is 1. The van der Waals surface area contributed by atoms with Gasteiger partial charge in [0, 0.05) is 19.6 Å². The van der Waals surface area contributed by atoms with Crippen LogP contribution >= 0.6 is 0 Å². The first-order valence-electron chi connectivity index (χ1n) is 6.99. The Hall–Kier alpha value is -1.58. The lowest BCUT2D eigenvalue weighted by molar-refractivity contribution is 0.410. The van der Waals surface area contributed by atoms with Gasteiger partial charge in [-0.15, -0.1) is 0 Å². The fraction of sp³-hybridized carbons (Fsp3) is 0.533. The van der Waals surface area contributed by atoms with Crippen LogP contribution in [-0.2, 0) is 6.54 Å². The van der Waals surface area contributed by atoms with Gasteiger partial charge < -0.3 is 10.6 Å². The molecule has 3 nitrogen and oxygen atoms in total. The van der Waals surface area contributed by atoms with Crippen LogP contribution in [-0.4, -0.2) is 19.0 Å². The van der Waals surface area contributed by atoms with Crippen LogP contribution < -0.4 is 10.6 Å². The van der Waals surface area contributed by atoms with E-state index in [2.05, 4.69) is 15.6 Å². The van der Waals surface area contributed by atoms with Crippen molar-refractivity contribution in [3.63, 3.8) is 0 Å². The summed E-state index contributed by atoms with van der Waals surface area (Å²) in [5.41, 5.74) is 1.05. The maximum absolute atomic E-state index is 12.8. The molecule has 1 saturated carbocycles. The summed E-state index contributed by atoms with van der Waals surface area (Å²) in [4.78, 5) is 4.24. The number of nitrogens with zero attached hydrogens (tertiary/aromatic N) is 1. The van der Waals surface area contributed by atoms with E-state index in [-0.39, 0.29) is 5.82 Å². The molecule has 0 heterocycles. The molecule has 0 spiro atoms. The Labute approximate surface area is 114 Å². The summed E-state index contributed by atoms with van der Waals surface area (Å²) in [5.74, 6) is 0.629. The van der Waals surface area contributed by atoms with Crippen LogP contribution in [0.1, 0.15) is 37.7 Å². The number of hydrogen-bond acceptors (Lipinski definition) is 1. The van der Waals surface area contributed by atoms with Crippen molar-refractivity contribution in [3.8, 4) is 0 Å². The van der Waals surface area contributed by atoms with Gasteiger partial charge in [0.1, 0.15) is 5.82 Å². The van der Waals surface area contributed by atoms with Gasteiger partial charge in [-0.25, -0.2) is 4.39 Å². The van der Waals surface area contributed by atoms with Crippen molar-refractivity contribution in [2.75, 3.05) is 7.05 Å². The second kappa shape index (κ2) is 7.12. The summed E-state index contributed by atoms with van der Waals surface area (Å²) < 4.78 is 12.8. The van der Waals surface area contributed by atoms with Gasteiger partial charge >= 0.3 is 0 Å². The summed E-state index contributed by atoms with van der Waals surface area (Å²) in [6, 6.07) is 7.07. The van der Waals surface area contributed by atoms with Gasteiger partial charge in [0.2, 0.25) is 0 Å². The van der Waals surface area contributed by atoms with Gasteiger partial charge in [0.05, 0.1) is 0 Å². The quantitative estimate of drug-likeness (QED) is 0.650. The predicted octanol–water partition coefficient (Wildman–Crippen LogP) is 2.82. The number of nitrogens with one attached hydrogen (secondary N) is 2. The van der Waals surface area contributed by atoms with Crippen molar-refractivity contribution in [2.24, 2.45) is 4.99 Å². The van der Waals surface area contributed by atoms with Crippen LogP contribution in [0.3, 0.4) is 0 Å². The smallest absolute Gasteiger partial charge is 0.191 e. The molecule has 19 heavy (non-hydrogen) atoms. The maximum atomic E-state index is 12.8. The lowest BCUT2D eigenvalue weighted by Crippen LogP contribution is -2.43. The molecule has 0 saturated heterocycles. The first kappa shape index (κ1) is 13.8. The van der Waals surface area contributed by atoms with E-state index in [0.717, 1.165) is 11.5 Å². The summed E-state index contributed by atoms with van der Waals surface area (Å²) in [6.07, 6.45) is 6.38. The molecular formula is C15H22FN3. The number of hydrogen-bond donors (Lipinski definition) is 2. The Bertz CT molecular complexity index is 408. The summed E-state index contributed by atoms with van der Waals surface area (Å²) >= 11 is 0. The van der Waals surface area contributed by atoms with E-state index >= 15 is 0 Å². The van der Waals surface area contributed by atoms with Crippen molar-refractivity contribution in [2.45, 2.75) is 44.7 Å². The van der Waals surface area contributed by atoms with E-state index in [1.54, 1.807) is 19.2 Å². The Morgan fingerprint density at radius 3 is 2.53 bits per heavy atom. The fourth-order valence-corrected chi connectivity index (χ4v) is 2.42. The summed E-state index contributed by atoms with van der Waals surface area (Å²) in [7, 11) is 1.78. The van der Waals surface area contributed by atoms with Crippen LogP contribution in [0.25, 0.3) is 0 Å². The van der Waals surface area contributed by atoms with Crippen molar-refractivity contribution in [1.29, 1.82) is 0 Å². The average molecular weight is 263 g/mol. The Morgan fingerprint density at radius 1 is 1.21 bits per heavy atom. The molecule has 1 aliphatic rings. The van der Waals surface area contributed by atoms with Gasteiger partial charge in [-0.3, -0.25) is 4.99 Å². The highest BCUT2D eigenvalue weighted by molar-refractivity contribution is 5.79. The molecule has 1 aromatic carbocycles. The second-order valence-electron chi connectivity index (χ2n) is 5.03. The monoisotopic (exact) mass is 263 g/mol. The first-order valence-corrected chi connectivity index (χ1v) is 6.99. The van der Waals surface area contributed by atoms with Gasteiger partial charge in [-0.05, 0) is 30.5 Å². The Kier molecular flexibility index (Phi) is 5.19. The number of rotatable bonds is 3. The van der Waals surface area contributed by atoms with Crippen LogP contribution in [0, 0.1) is 5.82 Å². The van der Waals surface area contributed by atoms with E-state index < -0.39 is 0 Å². The molecule has 1 aliphatic carbocycles. The maximum Gasteiger partial charge on any atom is 0.191 e. The minimum absolute atomic E-state index is 0.200. The molecule has 1 fully saturated rings. The van der Waals surface area contributed by atoms with E-state index in [1.165, 1.54) is 44.2 Å². The number of benzene rings is 1. The molecule has 1 aromatic rings. The fourth-order valence-electron chi connectivity index (χ4n) is 2.42. The van der Waals surface area contributed by atoms with Crippen molar-refractivity contribution in [3.05, 3.63) is 35.6 Å². The van der Waals surface area contributed by atoms with Crippen molar-refractivity contribution < 1.29 is 4.39 Å². The van der Waals surface area contributed by atoms with Crippen molar-refractivity contribution in [1.82, 2.24) is 10.6 Å². The molecule has 0 aliphatic heterocycles. The lowest BCUT2D eigenvalue weighted by atomic mass is 9.96. The lowest BCUT2D eigenvalue weighted by Gasteiger charge is -2.24. The molecule has 0 unspecified atom stereocenters. The van der Waals surface area contributed by atoms with Gasteiger partial charge in [0.15, 0.2) is 5.96 Å². The SMILES string of the molecule is CN=C(NCc1ccc(F)cc1)NC1CCCCC1. The topological polar surface area (TPSA) is 36.4 Å².